The normalized spacial score (nSPS) is 11.9. The third-order valence-corrected chi connectivity index (χ3v) is 2.82. The largest absolute Gasteiger partial charge is 0.496 e. The van der Waals surface area contributed by atoms with E-state index in [-0.39, 0.29) is 5.69 Å². The van der Waals surface area contributed by atoms with Crippen LogP contribution < -0.4 is 10.5 Å². The molecule has 0 bridgehead atoms. The molecule has 6 nitrogen and oxygen atoms in total. The van der Waals surface area contributed by atoms with Crippen LogP contribution in [-0.2, 0) is 0 Å². The molecule has 2 rings (SSSR count). The van der Waals surface area contributed by atoms with E-state index in [1.165, 1.54) is 19.2 Å². The van der Waals surface area contributed by atoms with Crippen LogP contribution in [0.3, 0.4) is 0 Å². The van der Waals surface area contributed by atoms with Gasteiger partial charge in [0, 0.05) is 30.1 Å². The summed E-state index contributed by atoms with van der Waals surface area (Å²) in [6.45, 7) is 0. The number of ether oxygens (including phenoxy) is 1. The van der Waals surface area contributed by atoms with Crippen LogP contribution in [0.5, 0.6) is 5.75 Å². The summed E-state index contributed by atoms with van der Waals surface area (Å²) >= 11 is 0. The monoisotopic (exact) mass is 259 g/mol. The van der Waals surface area contributed by atoms with Gasteiger partial charge in [-0.3, -0.25) is 15.1 Å². The topological polar surface area (TPSA) is 91.3 Å². The summed E-state index contributed by atoms with van der Waals surface area (Å²) in [5.74, 6) is 0.523. The number of nitrogens with zero attached hydrogens (tertiary/aromatic N) is 2. The predicted octanol–water partition coefficient (Wildman–Crippen LogP) is 2.05. The van der Waals surface area contributed by atoms with Gasteiger partial charge in [0.15, 0.2) is 0 Å². The Hall–Kier alpha value is -2.47. The summed E-state index contributed by atoms with van der Waals surface area (Å²) < 4.78 is 5.20. The Morgan fingerprint density at radius 1 is 1.32 bits per heavy atom. The van der Waals surface area contributed by atoms with Gasteiger partial charge in [0.25, 0.3) is 5.69 Å². The first-order chi connectivity index (χ1) is 9.13. The molecule has 98 valence electrons. The second kappa shape index (κ2) is 5.45. The molecule has 0 saturated heterocycles. The third kappa shape index (κ3) is 2.69. The van der Waals surface area contributed by atoms with Gasteiger partial charge >= 0.3 is 0 Å². The predicted molar refractivity (Wildman–Crippen MR) is 69.9 cm³/mol. The van der Waals surface area contributed by atoms with Gasteiger partial charge < -0.3 is 10.5 Å². The molecular weight excluding hydrogens is 246 g/mol. The zero-order valence-electron chi connectivity index (χ0n) is 10.3. The number of benzene rings is 1. The molecule has 2 aromatic rings. The molecule has 0 aliphatic rings. The lowest BCUT2D eigenvalue weighted by molar-refractivity contribution is -0.384. The van der Waals surface area contributed by atoms with Crippen molar-refractivity contribution in [1.82, 2.24) is 4.98 Å². The Kier molecular flexibility index (Phi) is 3.72. The van der Waals surface area contributed by atoms with Crippen molar-refractivity contribution in [3.8, 4) is 5.75 Å². The summed E-state index contributed by atoms with van der Waals surface area (Å²) in [5, 5.41) is 10.8. The van der Waals surface area contributed by atoms with Crippen molar-refractivity contribution in [2.45, 2.75) is 6.04 Å². The molecule has 6 heteroatoms. The number of hydrogen-bond acceptors (Lipinski definition) is 5. The number of pyridine rings is 1. The lowest BCUT2D eigenvalue weighted by Crippen LogP contribution is -2.13. The number of nitro groups is 1. The van der Waals surface area contributed by atoms with E-state index in [4.69, 9.17) is 10.5 Å². The van der Waals surface area contributed by atoms with Gasteiger partial charge in [-0.15, -0.1) is 0 Å². The zero-order chi connectivity index (χ0) is 13.8. The van der Waals surface area contributed by atoms with Crippen molar-refractivity contribution < 1.29 is 9.66 Å². The maximum atomic E-state index is 10.8. The Morgan fingerprint density at radius 3 is 2.58 bits per heavy atom. The van der Waals surface area contributed by atoms with Crippen LogP contribution in [0, 0.1) is 10.1 Å². The highest BCUT2D eigenvalue weighted by molar-refractivity contribution is 5.48. The van der Waals surface area contributed by atoms with E-state index in [9.17, 15) is 10.1 Å². The highest BCUT2D eigenvalue weighted by Crippen LogP contribution is 2.31. The molecule has 0 fully saturated rings. The van der Waals surface area contributed by atoms with Crippen molar-refractivity contribution >= 4 is 5.69 Å². The molecule has 0 radical (unpaired) electrons. The molecule has 1 heterocycles. The molecule has 1 aromatic heterocycles. The number of hydrogen-bond donors (Lipinski definition) is 1. The van der Waals surface area contributed by atoms with Crippen molar-refractivity contribution in [3.63, 3.8) is 0 Å². The summed E-state index contributed by atoms with van der Waals surface area (Å²) in [4.78, 5) is 14.3. The van der Waals surface area contributed by atoms with E-state index in [2.05, 4.69) is 4.98 Å². The van der Waals surface area contributed by atoms with Crippen molar-refractivity contribution in [2.75, 3.05) is 7.11 Å². The molecule has 19 heavy (non-hydrogen) atoms. The second-order valence-corrected chi connectivity index (χ2v) is 3.94. The molecule has 1 atom stereocenters. The van der Waals surface area contributed by atoms with Crippen molar-refractivity contribution in [3.05, 3.63) is 64.0 Å². The van der Waals surface area contributed by atoms with E-state index in [1.807, 2.05) is 0 Å². The molecule has 0 spiro atoms. The fourth-order valence-electron chi connectivity index (χ4n) is 1.83. The quantitative estimate of drug-likeness (QED) is 0.670. The van der Waals surface area contributed by atoms with E-state index < -0.39 is 11.0 Å². The number of non-ortho nitro benzene ring substituents is 1. The highest BCUT2D eigenvalue weighted by atomic mass is 16.6. The van der Waals surface area contributed by atoms with Crippen LogP contribution in [-0.4, -0.2) is 17.0 Å². The van der Waals surface area contributed by atoms with Gasteiger partial charge in [0.2, 0.25) is 0 Å². The minimum absolute atomic E-state index is 0.0136. The maximum Gasteiger partial charge on any atom is 0.270 e. The zero-order valence-corrected chi connectivity index (χ0v) is 10.3. The van der Waals surface area contributed by atoms with Crippen LogP contribution >= 0.6 is 0 Å². The number of nitrogens with two attached hydrogens (primary N) is 1. The Morgan fingerprint density at radius 2 is 2.00 bits per heavy atom. The molecule has 0 amide bonds. The molecule has 2 N–H and O–H groups in total. The molecular formula is C13H13N3O3. The molecule has 1 unspecified atom stereocenters. The number of aromatic nitrogens is 1. The lowest BCUT2D eigenvalue weighted by atomic mass is 9.99. The standard InChI is InChI=1S/C13H13N3O3/c1-19-12-3-2-10(16(17)18)8-11(12)13(14)9-4-6-15-7-5-9/h2-8,13H,14H2,1H3. The Labute approximate surface area is 110 Å². The molecule has 1 aromatic carbocycles. The number of nitro benzene ring substituents is 1. The summed E-state index contributed by atoms with van der Waals surface area (Å²) in [7, 11) is 1.50. The average molecular weight is 259 g/mol. The van der Waals surface area contributed by atoms with E-state index in [0.29, 0.717) is 11.3 Å². The minimum atomic E-state index is -0.502. The summed E-state index contributed by atoms with van der Waals surface area (Å²) in [6.07, 6.45) is 3.25. The minimum Gasteiger partial charge on any atom is -0.496 e. The van der Waals surface area contributed by atoms with Crippen LogP contribution in [0.25, 0.3) is 0 Å². The fourth-order valence-corrected chi connectivity index (χ4v) is 1.83. The highest BCUT2D eigenvalue weighted by Gasteiger charge is 2.18. The number of methoxy groups -OCH3 is 1. The van der Waals surface area contributed by atoms with Gasteiger partial charge in [-0.2, -0.15) is 0 Å². The van der Waals surface area contributed by atoms with Gasteiger partial charge in [0.05, 0.1) is 18.1 Å². The summed E-state index contributed by atoms with van der Waals surface area (Å²) in [5.41, 5.74) is 7.50. The lowest BCUT2D eigenvalue weighted by Gasteiger charge is -2.15. The van der Waals surface area contributed by atoms with Gasteiger partial charge in [-0.05, 0) is 23.8 Å². The van der Waals surface area contributed by atoms with Crippen molar-refractivity contribution in [1.29, 1.82) is 0 Å². The van der Waals surface area contributed by atoms with Crippen LogP contribution in [0.1, 0.15) is 17.2 Å². The Balaban J connectivity index is 2.47. The smallest absolute Gasteiger partial charge is 0.270 e. The Bertz CT molecular complexity index is 587. The van der Waals surface area contributed by atoms with Gasteiger partial charge in [-0.1, -0.05) is 0 Å². The molecule has 0 aliphatic carbocycles. The van der Waals surface area contributed by atoms with Crippen LogP contribution in [0.4, 0.5) is 5.69 Å². The van der Waals surface area contributed by atoms with Crippen LogP contribution in [0.15, 0.2) is 42.7 Å². The summed E-state index contributed by atoms with van der Waals surface area (Å²) in [6, 6.07) is 7.41. The second-order valence-electron chi connectivity index (χ2n) is 3.94. The first-order valence-electron chi connectivity index (χ1n) is 5.61. The third-order valence-electron chi connectivity index (χ3n) is 2.82. The van der Waals surface area contributed by atoms with Crippen LogP contribution in [0.2, 0.25) is 0 Å². The van der Waals surface area contributed by atoms with Gasteiger partial charge in [0.1, 0.15) is 5.75 Å². The molecule has 0 saturated carbocycles. The fraction of sp³-hybridized carbons (Fsp3) is 0.154. The van der Waals surface area contributed by atoms with Gasteiger partial charge in [-0.25, -0.2) is 0 Å². The average Bonchev–Trinajstić information content (AvgIpc) is 2.46. The SMILES string of the molecule is COc1ccc([N+](=O)[O-])cc1C(N)c1ccncc1. The van der Waals surface area contributed by atoms with E-state index in [1.54, 1.807) is 30.6 Å². The van der Waals surface area contributed by atoms with Crippen molar-refractivity contribution in [2.24, 2.45) is 5.73 Å². The van der Waals surface area contributed by atoms with E-state index >= 15 is 0 Å². The number of rotatable bonds is 4. The maximum absolute atomic E-state index is 10.8. The van der Waals surface area contributed by atoms with E-state index in [0.717, 1.165) is 5.56 Å². The first-order valence-corrected chi connectivity index (χ1v) is 5.61. The first kappa shape index (κ1) is 13.0. The molecule has 0 aliphatic heterocycles.